The average molecular weight is 591 g/mol. The van der Waals surface area contributed by atoms with Crippen LogP contribution in [0.1, 0.15) is 65.1 Å². The standard InChI is InChI=1S/C32H30O3S4/c1-4-5-6-7-8-22-10-12-26(36-22)27-15-16-30(38-27)31-18-17-29(39-31)28-14-13-25(37-28)21-9-11-23(32(34)35-3)24(19-21)20(2)33/h9-19H,4-8H2,1-3H3. The highest BCUT2D eigenvalue weighted by Crippen LogP contribution is 2.44. The Hall–Kier alpha value is -2.84. The van der Waals surface area contributed by atoms with Crippen molar-refractivity contribution in [1.82, 2.24) is 0 Å². The van der Waals surface area contributed by atoms with Crippen molar-refractivity contribution in [1.29, 1.82) is 0 Å². The number of carbonyl (C=O) groups excluding carboxylic acids is 2. The second-order valence-electron chi connectivity index (χ2n) is 9.38. The van der Waals surface area contributed by atoms with Gasteiger partial charge in [0.25, 0.3) is 0 Å². The van der Waals surface area contributed by atoms with Crippen molar-refractivity contribution in [3.05, 3.63) is 82.7 Å². The molecule has 0 spiro atoms. The molecule has 5 rings (SSSR count). The molecule has 0 radical (unpaired) electrons. The molecule has 4 heterocycles. The number of unbranched alkanes of at least 4 members (excludes halogenated alkanes) is 3. The van der Waals surface area contributed by atoms with Gasteiger partial charge in [-0.3, -0.25) is 4.79 Å². The molecule has 0 aliphatic rings. The lowest BCUT2D eigenvalue weighted by molar-refractivity contribution is 0.0597. The first kappa shape index (κ1) is 27.7. The molecule has 0 amide bonds. The van der Waals surface area contributed by atoms with Gasteiger partial charge in [0.15, 0.2) is 5.78 Å². The maximum Gasteiger partial charge on any atom is 0.338 e. The Balaban J connectivity index is 1.31. The van der Waals surface area contributed by atoms with E-state index < -0.39 is 5.97 Å². The summed E-state index contributed by atoms with van der Waals surface area (Å²) >= 11 is 7.28. The molecule has 0 saturated heterocycles. The van der Waals surface area contributed by atoms with Crippen molar-refractivity contribution in [2.75, 3.05) is 7.11 Å². The number of carbonyl (C=O) groups is 2. The van der Waals surface area contributed by atoms with E-state index in [1.54, 1.807) is 34.8 Å². The van der Waals surface area contributed by atoms with E-state index >= 15 is 0 Å². The van der Waals surface area contributed by atoms with Crippen LogP contribution in [-0.2, 0) is 11.2 Å². The van der Waals surface area contributed by atoms with Gasteiger partial charge in [-0.2, -0.15) is 0 Å². The highest BCUT2D eigenvalue weighted by atomic mass is 32.1. The van der Waals surface area contributed by atoms with Crippen LogP contribution in [-0.4, -0.2) is 18.9 Å². The van der Waals surface area contributed by atoms with Crippen LogP contribution in [0.15, 0.2) is 66.7 Å². The van der Waals surface area contributed by atoms with Crippen molar-refractivity contribution < 1.29 is 14.3 Å². The van der Waals surface area contributed by atoms with Crippen molar-refractivity contribution in [3.8, 4) is 39.7 Å². The first-order chi connectivity index (χ1) is 19.0. The Morgan fingerprint density at radius 2 is 1.18 bits per heavy atom. The number of hydrogen-bond acceptors (Lipinski definition) is 7. The zero-order valence-corrected chi connectivity index (χ0v) is 25.5. The molecule has 0 aliphatic heterocycles. The van der Waals surface area contributed by atoms with Gasteiger partial charge in [0, 0.05) is 44.6 Å². The van der Waals surface area contributed by atoms with Crippen molar-refractivity contribution in [3.63, 3.8) is 0 Å². The van der Waals surface area contributed by atoms with Gasteiger partial charge in [-0.1, -0.05) is 32.3 Å². The molecule has 0 unspecified atom stereocenters. The summed E-state index contributed by atoms with van der Waals surface area (Å²) in [5, 5.41) is 0. The quantitative estimate of drug-likeness (QED) is 0.0873. The Bertz CT molecular complexity index is 1600. The summed E-state index contributed by atoms with van der Waals surface area (Å²) in [5.74, 6) is -0.651. The lowest BCUT2D eigenvalue weighted by Crippen LogP contribution is -2.08. The van der Waals surface area contributed by atoms with Crippen molar-refractivity contribution >= 4 is 57.1 Å². The number of rotatable bonds is 11. The SMILES string of the molecule is CCCCCCc1ccc(-c2ccc(-c3ccc(-c4ccc(-c5ccc(C(=O)OC)c(C(C)=O)c5)s4)s3)s2)s1. The predicted octanol–water partition coefficient (Wildman–Crippen LogP) is 10.7. The van der Waals surface area contributed by atoms with E-state index in [-0.39, 0.29) is 5.78 Å². The normalized spacial score (nSPS) is 11.2. The van der Waals surface area contributed by atoms with E-state index in [1.165, 1.54) is 80.3 Å². The highest BCUT2D eigenvalue weighted by molar-refractivity contribution is 7.29. The van der Waals surface area contributed by atoms with E-state index in [1.807, 2.05) is 28.7 Å². The number of ketones is 1. The van der Waals surface area contributed by atoms with Gasteiger partial charge in [0.1, 0.15) is 0 Å². The Morgan fingerprint density at radius 3 is 1.74 bits per heavy atom. The van der Waals surface area contributed by atoms with Crippen LogP contribution in [0.2, 0.25) is 0 Å². The van der Waals surface area contributed by atoms with Crippen LogP contribution < -0.4 is 0 Å². The number of benzene rings is 1. The molecule has 0 bridgehead atoms. The number of esters is 1. The van der Waals surface area contributed by atoms with Gasteiger partial charge in [-0.15, -0.1) is 45.3 Å². The zero-order chi connectivity index (χ0) is 27.4. The molecule has 5 aromatic rings. The Labute approximate surface area is 245 Å². The summed E-state index contributed by atoms with van der Waals surface area (Å²) in [7, 11) is 1.33. The minimum absolute atomic E-state index is 0.155. The third-order valence-electron chi connectivity index (χ3n) is 6.57. The first-order valence-corrected chi connectivity index (χ1v) is 16.4. The molecule has 7 heteroatoms. The van der Waals surface area contributed by atoms with Gasteiger partial charge in [0.05, 0.1) is 12.7 Å². The van der Waals surface area contributed by atoms with E-state index in [0.717, 1.165) is 10.4 Å². The van der Waals surface area contributed by atoms with E-state index in [0.29, 0.717) is 11.1 Å². The van der Waals surface area contributed by atoms with Gasteiger partial charge in [0.2, 0.25) is 0 Å². The molecule has 39 heavy (non-hydrogen) atoms. The van der Waals surface area contributed by atoms with Crippen LogP contribution in [0.5, 0.6) is 0 Å². The summed E-state index contributed by atoms with van der Waals surface area (Å²) in [4.78, 5) is 34.5. The van der Waals surface area contributed by atoms with E-state index in [2.05, 4.69) is 55.5 Å². The number of Topliss-reactive ketones (excluding diaryl/α,β-unsaturated/α-hetero) is 1. The van der Waals surface area contributed by atoms with Gasteiger partial charge >= 0.3 is 5.97 Å². The van der Waals surface area contributed by atoms with Gasteiger partial charge in [-0.25, -0.2) is 4.79 Å². The molecule has 4 aromatic heterocycles. The lowest BCUT2D eigenvalue weighted by Gasteiger charge is -2.07. The minimum atomic E-state index is -0.497. The molecule has 0 N–H and O–H groups in total. The van der Waals surface area contributed by atoms with Crippen LogP contribution in [0.4, 0.5) is 0 Å². The topological polar surface area (TPSA) is 43.4 Å². The molecular formula is C32H30O3S4. The predicted molar refractivity (Wildman–Crippen MR) is 169 cm³/mol. The molecule has 0 aliphatic carbocycles. The lowest BCUT2D eigenvalue weighted by atomic mass is 10.0. The number of hydrogen-bond donors (Lipinski definition) is 0. The number of ether oxygens (including phenoxy) is 1. The summed E-state index contributed by atoms with van der Waals surface area (Å²) in [6, 6.07) is 23.0. The van der Waals surface area contributed by atoms with Crippen molar-refractivity contribution in [2.24, 2.45) is 0 Å². The van der Waals surface area contributed by atoms with Gasteiger partial charge in [-0.05, 0) is 86.0 Å². The van der Waals surface area contributed by atoms with E-state index in [4.69, 9.17) is 4.74 Å². The fourth-order valence-electron chi connectivity index (χ4n) is 4.48. The zero-order valence-electron chi connectivity index (χ0n) is 22.2. The average Bonchev–Trinajstić information content (AvgIpc) is 3.75. The largest absolute Gasteiger partial charge is 0.465 e. The van der Waals surface area contributed by atoms with Crippen LogP contribution in [0, 0.1) is 0 Å². The van der Waals surface area contributed by atoms with E-state index in [9.17, 15) is 9.59 Å². The van der Waals surface area contributed by atoms with Crippen LogP contribution >= 0.6 is 45.3 Å². The molecule has 0 saturated carbocycles. The first-order valence-electron chi connectivity index (χ1n) is 13.1. The minimum Gasteiger partial charge on any atom is -0.465 e. The summed E-state index contributed by atoms with van der Waals surface area (Å²) < 4.78 is 4.84. The van der Waals surface area contributed by atoms with Crippen LogP contribution in [0.25, 0.3) is 39.7 Å². The fourth-order valence-corrected chi connectivity index (χ4v) is 8.81. The molecule has 0 fully saturated rings. The second kappa shape index (κ2) is 12.6. The summed E-state index contributed by atoms with van der Waals surface area (Å²) in [5.41, 5.74) is 1.61. The molecule has 0 atom stereocenters. The monoisotopic (exact) mass is 590 g/mol. The third-order valence-corrected chi connectivity index (χ3v) is 11.6. The maximum atomic E-state index is 12.2. The molecule has 200 valence electrons. The molecule has 3 nitrogen and oxygen atoms in total. The fraction of sp³-hybridized carbons (Fsp3) is 0.250. The highest BCUT2D eigenvalue weighted by Gasteiger charge is 2.17. The Morgan fingerprint density at radius 1 is 0.641 bits per heavy atom. The molecular weight excluding hydrogens is 561 g/mol. The number of thiophene rings is 4. The third kappa shape index (κ3) is 6.33. The molecule has 1 aromatic carbocycles. The van der Waals surface area contributed by atoms with Crippen LogP contribution in [0.3, 0.4) is 0 Å². The second-order valence-corrected chi connectivity index (χ2v) is 13.8. The smallest absolute Gasteiger partial charge is 0.338 e. The number of aryl methyl sites for hydroxylation is 1. The number of methoxy groups -OCH3 is 1. The van der Waals surface area contributed by atoms with Crippen molar-refractivity contribution in [2.45, 2.75) is 46.0 Å². The maximum absolute atomic E-state index is 12.2. The van der Waals surface area contributed by atoms with Gasteiger partial charge < -0.3 is 4.74 Å². The summed E-state index contributed by atoms with van der Waals surface area (Å²) in [6.45, 7) is 3.73. The summed E-state index contributed by atoms with van der Waals surface area (Å²) in [6.07, 6.45) is 6.39. The Kier molecular flexibility index (Phi) is 8.92.